The molecule has 2 aromatic carbocycles. The van der Waals surface area contributed by atoms with Gasteiger partial charge in [-0.15, -0.1) is 0 Å². The van der Waals surface area contributed by atoms with E-state index >= 15 is 0 Å². The second-order valence-corrected chi connectivity index (χ2v) is 4.87. The van der Waals surface area contributed by atoms with E-state index in [-0.39, 0.29) is 5.02 Å². The van der Waals surface area contributed by atoms with E-state index in [1.807, 2.05) is 0 Å². The Balaban J connectivity index is 2.34. The lowest BCUT2D eigenvalue weighted by atomic mass is 10.1. The quantitative estimate of drug-likeness (QED) is 0.692. The van der Waals surface area contributed by atoms with Gasteiger partial charge in [0.15, 0.2) is 0 Å². The summed E-state index contributed by atoms with van der Waals surface area (Å²) >= 11 is 11.3. The van der Waals surface area contributed by atoms with Crippen LogP contribution >= 0.6 is 23.2 Å². The maximum Gasteiger partial charge on any atom is 0.271 e. The Labute approximate surface area is 129 Å². The van der Waals surface area contributed by atoms with Gasteiger partial charge < -0.3 is 10.4 Å². The van der Waals surface area contributed by atoms with E-state index in [4.69, 9.17) is 23.2 Å². The van der Waals surface area contributed by atoms with Crippen molar-refractivity contribution in [2.75, 3.05) is 5.32 Å². The number of non-ortho nitro benzene ring substituents is 1. The molecule has 0 bridgehead atoms. The van der Waals surface area contributed by atoms with E-state index in [2.05, 4.69) is 5.32 Å². The molecule has 0 heterocycles. The van der Waals surface area contributed by atoms with Gasteiger partial charge in [-0.1, -0.05) is 29.0 Å². The van der Waals surface area contributed by atoms with Crippen molar-refractivity contribution in [2.45, 2.75) is 0 Å². The molecule has 0 saturated carbocycles. The van der Waals surface area contributed by atoms with Crippen LogP contribution in [0.5, 0.6) is 5.75 Å². The number of hydrogen-bond acceptors (Lipinski definition) is 4. The molecule has 0 atom stereocenters. The van der Waals surface area contributed by atoms with Gasteiger partial charge in [0.25, 0.3) is 11.6 Å². The molecule has 0 aromatic heterocycles. The highest BCUT2D eigenvalue weighted by Crippen LogP contribution is 2.30. The molecule has 0 aliphatic heterocycles. The first kappa shape index (κ1) is 15.1. The summed E-state index contributed by atoms with van der Waals surface area (Å²) in [6.45, 7) is 0. The molecule has 2 rings (SSSR count). The van der Waals surface area contributed by atoms with Crippen LogP contribution in [0.2, 0.25) is 10.0 Å². The van der Waals surface area contributed by atoms with Crippen LogP contribution in [-0.2, 0) is 0 Å². The fraction of sp³-hybridized carbons (Fsp3) is 0. The second kappa shape index (κ2) is 5.99. The first-order chi connectivity index (χ1) is 9.88. The SMILES string of the molecule is O=C(Nc1ccc(Cl)cc1)c1cc([N+](=O)[O-])cc(Cl)c1[O-]. The zero-order valence-corrected chi connectivity index (χ0v) is 11.8. The smallest absolute Gasteiger partial charge is 0.271 e. The van der Waals surface area contributed by atoms with Crippen LogP contribution in [0.3, 0.4) is 0 Å². The van der Waals surface area contributed by atoms with Gasteiger partial charge >= 0.3 is 0 Å². The second-order valence-electron chi connectivity index (χ2n) is 4.02. The topological polar surface area (TPSA) is 95.3 Å². The van der Waals surface area contributed by atoms with Crippen molar-refractivity contribution >= 4 is 40.5 Å². The number of rotatable bonds is 3. The van der Waals surface area contributed by atoms with Crippen LogP contribution < -0.4 is 10.4 Å². The van der Waals surface area contributed by atoms with Crippen LogP contribution in [0.15, 0.2) is 36.4 Å². The molecule has 1 amide bonds. The minimum atomic E-state index is -0.784. The van der Waals surface area contributed by atoms with Gasteiger partial charge in [-0.25, -0.2) is 0 Å². The largest absolute Gasteiger partial charge is 0.871 e. The Morgan fingerprint density at radius 2 is 1.76 bits per heavy atom. The molecule has 0 aliphatic rings. The summed E-state index contributed by atoms with van der Waals surface area (Å²) in [4.78, 5) is 22.0. The summed E-state index contributed by atoms with van der Waals surface area (Å²) in [5.74, 6) is -1.55. The zero-order chi connectivity index (χ0) is 15.6. The number of carbonyl (C=O) groups excluding carboxylic acids is 1. The Hall–Kier alpha value is -2.31. The fourth-order valence-corrected chi connectivity index (χ4v) is 1.92. The van der Waals surface area contributed by atoms with Gasteiger partial charge in [-0.3, -0.25) is 14.9 Å². The third kappa shape index (κ3) is 3.42. The van der Waals surface area contributed by atoms with Crippen molar-refractivity contribution in [1.29, 1.82) is 0 Å². The van der Waals surface area contributed by atoms with Gasteiger partial charge in [-0.2, -0.15) is 0 Å². The predicted octanol–water partition coefficient (Wildman–Crippen LogP) is 3.23. The molecule has 1 N–H and O–H groups in total. The normalized spacial score (nSPS) is 10.2. The highest BCUT2D eigenvalue weighted by molar-refractivity contribution is 6.33. The van der Waals surface area contributed by atoms with E-state index in [0.29, 0.717) is 10.7 Å². The molecule has 6 nitrogen and oxygen atoms in total. The van der Waals surface area contributed by atoms with Crippen LogP contribution in [0, 0.1) is 10.1 Å². The first-order valence-electron chi connectivity index (χ1n) is 5.60. The molecule has 0 spiro atoms. The summed E-state index contributed by atoms with van der Waals surface area (Å²) < 4.78 is 0. The monoisotopic (exact) mass is 325 g/mol. The summed E-state index contributed by atoms with van der Waals surface area (Å²) in [6, 6.07) is 7.96. The average Bonchev–Trinajstić information content (AvgIpc) is 2.43. The van der Waals surface area contributed by atoms with Crippen molar-refractivity contribution in [2.24, 2.45) is 0 Å². The van der Waals surface area contributed by atoms with Gasteiger partial charge in [0.05, 0.1) is 4.92 Å². The summed E-state index contributed by atoms with van der Waals surface area (Å²) in [7, 11) is 0. The maximum atomic E-state index is 12.0. The number of nitrogens with one attached hydrogen (secondary N) is 1. The lowest BCUT2D eigenvalue weighted by Gasteiger charge is -2.15. The van der Waals surface area contributed by atoms with Crippen molar-refractivity contribution in [3.05, 3.63) is 62.1 Å². The minimum absolute atomic E-state index is 0.384. The van der Waals surface area contributed by atoms with Crippen LogP contribution in [-0.4, -0.2) is 10.8 Å². The van der Waals surface area contributed by atoms with Gasteiger partial charge in [0.2, 0.25) is 0 Å². The predicted molar refractivity (Wildman–Crippen MR) is 77.0 cm³/mol. The zero-order valence-electron chi connectivity index (χ0n) is 10.3. The lowest BCUT2D eigenvalue weighted by Crippen LogP contribution is -2.15. The third-order valence-electron chi connectivity index (χ3n) is 2.59. The highest BCUT2D eigenvalue weighted by Gasteiger charge is 2.16. The summed E-state index contributed by atoms with van der Waals surface area (Å²) in [5, 5.41) is 25.1. The number of nitrogens with zero attached hydrogens (tertiary/aromatic N) is 1. The molecule has 21 heavy (non-hydrogen) atoms. The average molecular weight is 326 g/mol. The van der Waals surface area contributed by atoms with Gasteiger partial charge in [-0.05, 0) is 24.3 Å². The summed E-state index contributed by atoms with van der Waals surface area (Å²) in [5.41, 5.74) is -0.434. The molecule has 0 unspecified atom stereocenters. The molecule has 0 aliphatic carbocycles. The van der Waals surface area contributed by atoms with E-state index < -0.39 is 27.8 Å². The highest BCUT2D eigenvalue weighted by atomic mass is 35.5. The molecular weight excluding hydrogens is 319 g/mol. The maximum absolute atomic E-state index is 12.0. The van der Waals surface area contributed by atoms with Gasteiger partial charge in [0, 0.05) is 33.4 Å². The molecule has 108 valence electrons. The summed E-state index contributed by atoms with van der Waals surface area (Å²) in [6.07, 6.45) is 0. The van der Waals surface area contributed by atoms with E-state index in [1.54, 1.807) is 12.1 Å². The molecule has 0 radical (unpaired) electrons. The number of nitro benzene ring substituents is 1. The Kier molecular flexibility index (Phi) is 4.30. The van der Waals surface area contributed by atoms with Crippen molar-refractivity contribution in [3.8, 4) is 5.75 Å². The molecule has 8 heteroatoms. The number of halogens is 2. The number of nitro groups is 1. The lowest BCUT2D eigenvalue weighted by molar-refractivity contribution is -0.385. The number of carbonyl (C=O) groups is 1. The Morgan fingerprint density at radius 3 is 2.33 bits per heavy atom. The van der Waals surface area contributed by atoms with E-state index in [0.717, 1.165) is 12.1 Å². The Morgan fingerprint density at radius 1 is 1.14 bits per heavy atom. The van der Waals surface area contributed by atoms with Crippen LogP contribution in [0.25, 0.3) is 0 Å². The third-order valence-corrected chi connectivity index (χ3v) is 3.12. The van der Waals surface area contributed by atoms with Crippen molar-refractivity contribution in [1.82, 2.24) is 0 Å². The number of hydrogen-bond donors (Lipinski definition) is 1. The number of anilines is 1. The number of amides is 1. The van der Waals surface area contributed by atoms with Crippen molar-refractivity contribution in [3.63, 3.8) is 0 Å². The van der Waals surface area contributed by atoms with E-state index in [1.165, 1.54) is 12.1 Å². The van der Waals surface area contributed by atoms with Gasteiger partial charge in [0.1, 0.15) is 0 Å². The van der Waals surface area contributed by atoms with Crippen molar-refractivity contribution < 1.29 is 14.8 Å². The first-order valence-corrected chi connectivity index (χ1v) is 6.36. The molecule has 0 fully saturated rings. The molecular formula is C13H7Cl2N2O4-. The standard InChI is InChI=1S/C13H8Cl2N2O4/c14-7-1-3-8(4-2-7)16-13(19)10-5-9(17(20)21)6-11(15)12(10)18/h1-6,18H,(H,16,19)/p-1. The van der Waals surface area contributed by atoms with E-state index in [9.17, 15) is 20.0 Å². The van der Waals surface area contributed by atoms with Crippen LogP contribution in [0.4, 0.5) is 11.4 Å². The number of benzene rings is 2. The molecule has 2 aromatic rings. The van der Waals surface area contributed by atoms with Crippen LogP contribution in [0.1, 0.15) is 10.4 Å². The fourth-order valence-electron chi connectivity index (χ4n) is 1.58. The Bertz CT molecular complexity index is 717. The minimum Gasteiger partial charge on any atom is -0.871 e. The molecule has 0 saturated heterocycles.